The number of nitrogens with zero attached hydrogens (tertiary/aromatic N) is 2. The topological polar surface area (TPSA) is 61.2 Å². The Balaban J connectivity index is 1.98. The van der Waals surface area contributed by atoms with E-state index < -0.39 is 5.97 Å². The number of esters is 1. The van der Waals surface area contributed by atoms with Gasteiger partial charge < -0.3 is 9.30 Å². The fourth-order valence-corrected chi connectivity index (χ4v) is 3.72. The molecule has 2 heterocycles. The summed E-state index contributed by atoms with van der Waals surface area (Å²) in [5.41, 5.74) is 6.01. The van der Waals surface area contributed by atoms with Gasteiger partial charge in [-0.2, -0.15) is 0 Å². The monoisotopic (exact) mass is 376 g/mol. The number of carbonyl (C=O) groups excluding carboxylic acids is 1. The summed E-state index contributed by atoms with van der Waals surface area (Å²) in [6.45, 7) is 8.07. The molecule has 5 nitrogen and oxygen atoms in total. The molecule has 1 aromatic carbocycles. The molecule has 0 saturated heterocycles. The number of carbonyl (C=O) groups is 1. The van der Waals surface area contributed by atoms with E-state index in [1.165, 1.54) is 0 Å². The lowest BCUT2D eigenvalue weighted by atomic mass is 9.96. The molecule has 1 saturated carbocycles. The molecular formula is C23H24N2O3. The van der Waals surface area contributed by atoms with Crippen LogP contribution in [0.15, 0.2) is 35.4 Å². The fourth-order valence-electron chi connectivity index (χ4n) is 3.72. The van der Waals surface area contributed by atoms with Gasteiger partial charge in [-0.3, -0.25) is 9.78 Å². The van der Waals surface area contributed by atoms with Gasteiger partial charge in [0, 0.05) is 35.1 Å². The van der Waals surface area contributed by atoms with E-state index in [1.54, 1.807) is 13.1 Å². The highest BCUT2D eigenvalue weighted by Crippen LogP contribution is 2.39. The second-order valence-corrected chi connectivity index (χ2v) is 7.49. The number of aromatic nitrogens is 2. The lowest BCUT2D eigenvalue weighted by Gasteiger charge is -2.17. The maximum Gasteiger partial charge on any atom is 0.343 e. The molecule has 1 aliphatic rings. The summed E-state index contributed by atoms with van der Waals surface area (Å²) in [6, 6.07) is 6.24. The Hall–Kier alpha value is -2.95. The van der Waals surface area contributed by atoms with Gasteiger partial charge in [-0.25, -0.2) is 4.79 Å². The average Bonchev–Trinajstić information content (AvgIpc) is 3.50. The van der Waals surface area contributed by atoms with Gasteiger partial charge in [-0.05, 0) is 69.4 Å². The minimum atomic E-state index is -0.552. The van der Waals surface area contributed by atoms with Crippen molar-refractivity contribution in [1.82, 2.24) is 9.55 Å². The Morgan fingerprint density at radius 1 is 1.25 bits per heavy atom. The van der Waals surface area contributed by atoms with E-state index in [0.717, 1.165) is 46.3 Å². The highest BCUT2D eigenvalue weighted by Gasteiger charge is 2.28. The van der Waals surface area contributed by atoms with Crippen molar-refractivity contribution >= 4 is 16.9 Å². The summed E-state index contributed by atoms with van der Waals surface area (Å²) >= 11 is 0. The van der Waals surface area contributed by atoms with Crippen molar-refractivity contribution in [2.24, 2.45) is 0 Å². The maximum atomic E-state index is 13.0. The second-order valence-electron chi connectivity index (χ2n) is 7.49. The van der Waals surface area contributed by atoms with Crippen LogP contribution in [0.2, 0.25) is 0 Å². The number of benzene rings is 1. The summed E-state index contributed by atoms with van der Waals surface area (Å²) in [5.74, 6) is -0.552. The molecule has 1 aliphatic carbocycles. The van der Waals surface area contributed by atoms with Crippen molar-refractivity contribution in [1.29, 1.82) is 0 Å². The van der Waals surface area contributed by atoms with E-state index in [-0.39, 0.29) is 17.6 Å². The van der Waals surface area contributed by atoms with Crippen LogP contribution in [0.4, 0.5) is 0 Å². The van der Waals surface area contributed by atoms with E-state index in [0.29, 0.717) is 11.4 Å². The molecule has 0 spiro atoms. The highest BCUT2D eigenvalue weighted by molar-refractivity contribution is 5.96. The van der Waals surface area contributed by atoms with Gasteiger partial charge in [0.2, 0.25) is 5.43 Å². The maximum absolute atomic E-state index is 13.0. The molecule has 0 N–H and O–H groups in total. The van der Waals surface area contributed by atoms with Crippen molar-refractivity contribution < 1.29 is 9.53 Å². The van der Waals surface area contributed by atoms with Gasteiger partial charge in [-0.15, -0.1) is 0 Å². The zero-order valence-corrected chi connectivity index (χ0v) is 16.7. The van der Waals surface area contributed by atoms with Crippen LogP contribution in [-0.2, 0) is 4.74 Å². The molecular weight excluding hydrogens is 352 g/mol. The Kier molecular flexibility index (Phi) is 4.53. The van der Waals surface area contributed by atoms with E-state index in [9.17, 15) is 9.59 Å². The largest absolute Gasteiger partial charge is 0.462 e. The quantitative estimate of drug-likeness (QED) is 0.629. The Morgan fingerprint density at radius 3 is 2.64 bits per heavy atom. The van der Waals surface area contributed by atoms with Crippen LogP contribution in [0.3, 0.4) is 0 Å². The molecule has 0 amide bonds. The number of hydrogen-bond donors (Lipinski definition) is 0. The molecule has 0 unspecified atom stereocenters. The Labute approximate surface area is 164 Å². The van der Waals surface area contributed by atoms with Gasteiger partial charge in [0.25, 0.3) is 0 Å². The molecule has 1 fully saturated rings. The number of hydrogen-bond acceptors (Lipinski definition) is 4. The van der Waals surface area contributed by atoms with Crippen molar-refractivity contribution in [3.8, 4) is 11.1 Å². The van der Waals surface area contributed by atoms with E-state index in [1.807, 2.05) is 39.1 Å². The number of fused-ring (bicyclic) bond motifs is 1. The zero-order valence-electron chi connectivity index (χ0n) is 16.7. The summed E-state index contributed by atoms with van der Waals surface area (Å²) in [5, 5.41) is 0.565. The molecule has 0 bridgehead atoms. The van der Waals surface area contributed by atoms with Crippen LogP contribution in [0.5, 0.6) is 0 Å². The summed E-state index contributed by atoms with van der Waals surface area (Å²) in [4.78, 5) is 29.8. The number of aryl methyl sites for hydroxylation is 3. The van der Waals surface area contributed by atoms with Gasteiger partial charge in [0.15, 0.2) is 0 Å². The molecule has 28 heavy (non-hydrogen) atoms. The van der Waals surface area contributed by atoms with Crippen molar-refractivity contribution in [2.45, 2.75) is 46.6 Å². The molecule has 5 heteroatoms. The number of ether oxygens (including phenoxy) is 1. The zero-order chi connectivity index (χ0) is 20.0. The molecule has 3 aromatic rings. The van der Waals surface area contributed by atoms with E-state index in [2.05, 4.69) is 15.6 Å². The minimum Gasteiger partial charge on any atom is -0.462 e. The third kappa shape index (κ3) is 3.01. The molecule has 144 valence electrons. The molecule has 0 atom stereocenters. The fraction of sp³-hybridized carbons (Fsp3) is 0.348. The van der Waals surface area contributed by atoms with Gasteiger partial charge in [-0.1, -0.05) is 6.07 Å². The Bertz CT molecular complexity index is 1160. The summed E-state index contributed by atoms with van der Waals surface area (Å²) < 4.78 is 7.19. The van der Waals surface area contributed by atoms with Crippen molar-refractivity contribution in [3.05, 3.63) is 63.2 Å². The van der Waals surface area contributed by atoms with E-state index in [4.69, 9.17) is 4.74 Å². The predicted octanol–water partition coefficient (Wildman–Crippen LogP) is 4.50. The Morgan fingerprint density at radius 2 is 2.00 bits per heavy atom. The lowest BCUT2D eigenvalue weighted by molar-refractivity contribution is 0.0524. The number of pyridine rings is 2. The predicted molar refractivity (Wildman–Crippen MR) is 110 cm³/mol. The summed E-state index contributed by atoms with van der Waals surface area (Å²) in [6.07, 6.45) is 5.67. The third-order valence-electron chi connectivity index (χ3n) is 5.53. The first-order chi connectivity index (χ1) is 13.4. The van der Waals surface area contributed by atoms with Gasteiger partial charge >= 0.3 is 5.97 Å². The molecule has 4 rings (SSSR count). The van der Waals surface area contributed by atoms with Crippen LogP contribution < -0.4 is 5.43 Å². The van der Waals surface area contributed by atoms with Crippen LogP contribution in [0.25, 0.3) is 22.0 Å². The van der Waals surface area contributed by atoms with Crippen molar-refractivity contribution in [2.75, 3.05) is 6.61 Å². The SMILES string of the molecule is CCOC(=O)c1cn(C2CC2)c2c(C)c(-c3cnc(C)c(C)c3)ccc2c1=O. The van der Waals surface area contributed by atoms with Crippen molar-refractivity contribution in [3.63, 3.8) is 0 Å². The second kappa shape index (κ2) is 6.89. The third-order valence-corrected chi connectivity index (χ3v) is 5.53. The lowest BCUT2D eigenvalue weighted by Crippen LogP contribution is -2.21. The van der Waals surface area contributed by atoms with Crippen LogP contribution in [-0.4, -0.2) is 22.1 Å². The van der Waals surface area contributed by atoms with Gasteiger partial charge in [0.05, 0.1) is 12.1 Å². The van der Waals surface area contributed by atoms with E-state index >= 15 is 0 Å². The van der Waals surface area contributed by atoms with Crippen LogP contribution >= 0.6 is 0 Å². The van der Waals surface area contributed by atoms with Gasteiger partial charge in [0.1, 0.15) is 5.56 Å². The first kappa shape index (κ1) is 18.4. The number of rotatable bonds is 4. The molecule has 0 aliphatic heterocycles. The van der Waals surface area contributed by atoms with Crippen LogP contribution in [0, 0.1) is 20.8 Å². The first-order valence-electron chi connectivity index (χ1n) is 9.71. The normalized spacial score (nSPS) is 13.7. The average molecular weight is 376 g/mol. The molecule has 2 aromatic heterocycles. The van der Waals surface area contributed by atoms with Crippen LogP contribution in [0.1, 0.15) is 53.0 Å². The standard InChI is InChI=1S/C23H24N2O3/c1-5-28-23(27)20-12-25(17-6-7-17)21-14(3)18(8-9-19(21)22(20)26)16-10-13(2)15(4)24-11-16/h8-12,17H,5-7H2,1-4H3. The first-order valence-corrected chi connectivity index (χ1v) is 9.71. The summed E-state index contributed by atoms with van der Waals surface area (Å²) in [7, 11) is 0. The highest BCUT2D eigenvalue weighted by atomic mass is 16.5. The smallest absolute Gasteiger partial charge is 0.343 e. The molecule has 0 radical (unpaired) electrons. The minimum absolute atomic E-state index is 0.112.